The molecule has 0 bridgehead atoms. The first-order chi connectivity index (χ1) is 12.8. The van der Waals surface area contributed by atoms with Gasteiger partial charge in [-0.15, -0.1) is 0 Å². The van der Waals surface area contributed by atoms with E-state index >= 15 is 0 Å². The molecule has 2 atom stereocenters. The number of nitrogens with one attached hydrogen (secondary N) is 2. The molecule has 1 aromatic carbocycles. The highest BCUT2D eigenvalue weighted by Gasteiger charge is 2.30. The quantitative estimate of drug-likeness (QED) is 0.362. The van der Waals surface area contributed by atoms with Crippen LogP contribution in [0.1, 0.15) is 32.3 Å². The third kappa shape index (κ3) is 3.67. The van der Waals surface area contributed by atoms with Crippen molar-refractivity contribution in [2.75, 3.05) is 11.4 Å². The zero-order chi connectivity index (χ0) is 19.7. The Bertz CT molecular complexity index is 841. The van der Waals surface area contributed by atoms with Gasteiger partial charge in [0.2, 0.25) is 0 Å². The smallest absolute Gasteiger partial charge is 0.328 e. The first-order valence-corrected chi connectivity index (χ1v) is 8.71. The van der Waals surface area contributed by atoms with Gasteiger partial charge in [-0.2, -0.15) is 0 Å². The molecule has 2 aliphatic heterocycles. The zero-order valence-corrected chi connectivity index (χ0v) is 15.0. The number of amides is 4. The second kappa shape index (κ2) is 7.18. The van der Waals surface area contributed by atoms with Crippen molar-refractivity contribution in [1.82, 2.24) is 10.6 Å². The number of carbonyl (C=O) groups is 3. The summed E-state index contributed by atoms with van der Waals surface area (Å²) >= 11 is 0. The van der Waals surface area contributed by atoms with Gasteiger partial charge in [0.25, 0.3) is 17.5 Å². The number of carbonyl (C=O) groups excluding carboxylic acids is 3. The van der Waals surface area contributed by atoms with Crippen molar-refractivity contribution in [1.29, 1.82) is 0 Å². The van der Waals surface area contributed by atoms with E-state index in [0.717, 1.165) is 19.4 Å². The van der Waals surface area contributed by atoms with E-state index in [0.29, 0.717) is 17.2 Å². The van der Waals surface area contributed by atoms with Gasteiger partial charge in [0.15, 0.2) is 0 Å². The van der Waals surface area contributed by atoms with E-state index in [-0.39, 0.29) is 17.3 Å². The number of rotatable bonds is 3. The molecule has 1 aromatic rings. The van der Waals surface area contributed by atoms with Crippen molar-refractivity contribution in [2.45, 2.75) is 32.7 Å². The third-order valence-electron chi connectivity index (χ3n) is 5.15. The van der Waals surface area contributed by atoms with Gasteiger partial charge >= 0.3 is 6.03 Å². The van der Waals surface area contributed by atoms with Crippen LogP contribution in [0.15, 0.2) is 23.8 Å². The molecule has 27 heavy (non-hydrogen) atoms. The molecule has 9 heteroatoms. The average Bonchev–Trinajstić information content (AvgIpc) is 2.60. The van der Waals surface area contributed by atoms with Gasteiger partial charge in [0.1, 0.15) is 5.57 Å². The summed E-state index contributed by atoms with van der Waals surface area (Å²) in [4.78, 5) is 48.1. The normalized spacial score (nSPS) is 23.0. The molecule has 3 rings (SSSR count). The van der Waals surface area contributed by atoms with Gasteiger partial charge in [0, 0.05) is 36.0 Å². The molecule has 9 nitrogen and oxygen atoms in total. The summed E-state index contributed by atoms with van der Waals surface area (Å²) in [6.45, 7) is 5.01. The second-order valence-corrected chi connectivity index (χ2v) is 6.85. The average molecular weight is 372 g/mol. The van der Waals surface area contributed by atoms with E-state index in [4.69, 9.17) is 0 Å². The van der Waals surface area contributed by atoms with E-state index in [1.807, 2.05) is 10.6 Å². The first kappa shape index (κ1) is 18.6. The number of hydrogen-bond donors (Lipinski definition) is 2. The van der Waals surface area contributed by atoms with E-state index in [9.17, 15) is 24.5 Å². The van der Waals surface area contributed by atoms with Crippen LogP contribution >= 0.6 is 0 Å². The van der Waals surface area contributed by atoms with E-state index in [2.05, 4.69) is 18.7 Å². The summed E-state index contributed by atoms with van der Waals surface area (Å²) in [5.41, 5.74) is 0.689. The maximum absolute atomic E-state index is 12.0. The first-order valence-electron chi connectivity index (χ1n) is 8.71. The Labute approximate surface area is 155 Å². The lowest BCUT2D eigenvalue weighted by Crippen LogP contribution is -2.51. The van der Waals surface area contributed by atoms with E-state index < -0.39 is 22.8 Å². The Kier molecular flexibility index (Phi) is 4.93. The van der Waals surface area contributed by atoms with Gasteiger partial charge in [-0.05, 0) is 37.8 Å². The molecule has 0 unspecified atom stereocenters. The minimum Gasteiger partial charge on any atom is -0.368 e. The Hall–Kier alpha value is -3.23. The number of hydrogen-bond acceptors (Lipinski definition) is 6. The van der Waals surface area contributed by atoms with Crippen LogP contribution in [0.3, 0.4) is 0 Å². The predicted molar refractivity (Wildman–Crippen MR) is 98.0 cm³/mol. The maximum atomic E-state index is 12.0. The summed E-state index contributed by atoms with van der Waals surface area (Å²) in [5.74, 6) is -1.23. The van der Waals surface area contributed by atoms with Crippen LogP contribution in [0.25, 0.3) is 6.08 Å². The van der Waals surface area contributed by atoms with Gasteiger partial charge in [-0.25, -0.2) is 4.79 Å². The fraction of sp³-hybridized carbons (Fsp3) is 0.389. The number of nitrogens with zero attached hydrogens (tertiary/aromatic N) is 2. The molecule has 2 heterocycles. The number of benzene rings is 1. The van der Waals surface area contributed by atoms with Crippen LogP contribution in [0.5, 0.6) is 0 Å². The third-order valence-corrected chi connectivity index (χ3v) is 5.15. The van der Waals surface area contributed by atoms with Crippen molar-refractivity contribution in [3.05, 3.63) is 39.4 Å². The number of nitro benzene ring substituents is 1. The number of non-ortho nitro benzene ring substituents is 1. The van der Waals surface area contributed by atoms with Crippen LogP contribution in [0.2, 0.25) is 0 Å². The minimum absolute atomic E-state index is 0.143. The highest BCUT2D eigenvalue weighted by atomic mass is 16.6. The fourth-order valence-corrected chi connectivity index (χ4v) is 3.47. The Balaban J connectivity index is 2.09. The maximum Gasteiger partial charge on any atom is 0.328 e. The number of imide groups is 2. The van der Waals surface area contributed by atoms with Crippen LogP contribution in [0, 0.1) is 16.0 Å². The molecule has 0 aromatic heterocycles. The summed E-state index contributed by atoms with van der Waals surface area (Å²) in [5, 5.41) is 15.2. The Morgan fingerprint density at radius 1 is 1.19 bits per heavy atom. The van der Waals surface area contributed by atoms with E-state index in [1.165, 1.54) is 18.2 Å². The number of piperidine rings is 1. The van der Waals surface area contributed by atoms with E-state index in [1.54, 1.807) is 6.07 Å². The molecule has 4 amide bonds. The Morgan fingerprint density at radius 2 is 1.85 bits per heavy atom. The van der Waals surface area contributed by atoms with Crippen molar-refractivity contribution in [2.24, 2.45) is 5.92 Å². The molecular formula is C18H20N4O5. The SMILES string of the molecule is C[C@H]1CCCN(c2ccc([N+](=O)[O-])cc2C=C2C(=O)NC(=O)NC2=O)[C@H]1C. The second-order valence-electron chi connectivity index (χ2n) is 6.85. The fourth-order valence-electron chi connectivity index (χ4n) is 3.47. The summed E-state index contributed by atoms with van der Waals surface area (Å²) < 4.78 is 0. The highest BCUT2D eigenvalue weighted by molar-refractivity contribution is 6.31. The zero-order valence-electron chi connectivity index (χ0n) is 15.0. The van der Waals surface area contributed by atoms with Crippen LogP contribution in [-0.4, -0.2) is 35.4 Å². The van der Waals surface area contributed by atoms with Gasteiger partial charge < -0.3 is 4.90 Å². The molecule has 2 aliphatic rings. The number of nitro groups is 1. The molecule has 2 fully saturated rings. The Morgan fingerprint density at radius 3 is 2.48 bits per heavy atom. The van der Waals surface area contributed by atoms with Crippen molar-refractivity contribution < 1.29 is 19.3 Å². The highest BCUT2D eigenvalue weighted by Crippen LogP contribution is 2.34. The summed E-state index contributed by atoms with van der Waals surface area (Å²) in [6.07, 6.45) is 3.37. The monoisotopic (exact) mass is 372 g/mol. The van der Waals surface area contributed by atoms with Gasteiger partial charge in [-0.1, -0.05) is 6.92 Å². The molecule has 0 aliphatic carbocycles. The lowest BCUT2D eigenvalue weighted by molar-refractivity contribution is -0.384. The van der Waals surface area contributed by atoms with Crippen LogP contribution < -0.4 is 15.5 Å². The van der Waals surface area contributed by atoms with Crippen molar-refractivity contribution in [3.8, 4) is 0 Å². The van der Waals surface area contributed by atoms with Crippen molar-refractivity contribution >= 4 is 35.3 Å². The van der Waals surface area contributed by atoms with Crippen LogP contribution in [0.4, 0.5) is 16.2 Å². The van der Waals surface area contributed by atoms with Crippen LogP contribution in [-0.2, 0) is 9.59 Å². The summed E-state index contributed by atoms with van der Waals surface area (Å²) in [6, 6.07) is 3.70. The molecule has 2 saturated heterocycles. The largest absolute Gasteiger partial charge is 0.368 e. The number of urea groups is 1. The number of barbiturate groups is 1. The van der Waals surface area contributed by atoms with Gasteiger partial charge in [0.05, 0.1) is 4.92 Å². The predicted octanol–water partition coefficient (Wildman–Crippen LogP) is 1.97. The minimum atomic E-state index is -0.889. The lowest BCUT2D eigenvalue weighted by Gasteiger charge is -2.40. The molecule has 0 spiro atoms. The molecule has 0 radical (unpaired) electrons. The molecular weight excluding hydrogens is 352 g/mol. The standard InChI is InChI=1S/C18H20N4O5/c1-10-4-3-7-21(11(10)2)15-6-5-13(22(26)27)8-12(15)9-14-16(23)19-18(25)20-17(14)24/h5-6,8-11H,3-4,7H2,1-2H3,(H2,19,20,23,24,25)/t10-,11-/m0/s1. The summed E-state index contributed by atoms with van der Waals surface area (Å²) in [7, 11) is 0. The number of anilines is 1. The molecule has 2 N–H and O–H groups in total. The molecule has 142 valence electrons. The lowest BCUT2D eigenvalue weighted by atomic mass is 9.90. The molecule has 0 saturated carbocycles. The topological polar surface area (TPSA) is 122 Å². The van der Waals surface area contributed by atoms with Crippen molar-refractivity contribution in [3.63, 3.8) is 0 Å². The van der Waals surface area contributed by atoms with Gasteiger partial charge in [-0.3, -0.25) is 30.3 Å².